The maximum absolute atomic E-state index is 8.58. The lowest BCUT2D eigenvalue weighted by Crippen LogP contribution is -2.25. The van der Waals surface area contributed by atoms with Crippen LogP contribution in [0.3, 0.4) is 0 Å². The summed E-state index contributed by atoms with van der Waals surface area (Å²) in [6.07, 6.45) is 5.80. The highest BCUT2D eigenvalue weighted by molar-refractivity contribution is 5.42. The molecule has 0 saturated heterocycles. The molecule has 3 nitrogen and oxygen atoms in total. The second-order valence-electron chi connectivity index (χ2n) is 3.98. The van der Waals surface area contributed by atoms with Gasteiger partial charge in [0.05, 0.1) is 0 Å². The van der Waals surface area contributed by atoms with Crippen molar-refractivity contribution >= 4 is 6.41 Å². The highest BCUT2D eigenvalue weighted by Gasteiger charge is 2.13. The van der Waals surface area contributed by atoms with Crippen molar-refractivity contribution in [3.63, 3.8) is 0 Å². The van der Waals surface area contributed by atoms with Gasteiger partial charge in [0.2, 0.25) is 6.41 Å². The predicted molar refractivity (Wildman–Crippen MR) is 65.8 cm³/mol. The van der Waals surface area contributed by atoms with E-state index in [1.165, 1.54) is 31.2 Å². The van der Waals surface area contributed by atoms with E-state index in [9.17, 15) is 0 Å². The Hall–Kier alpha value is -1.35. The van der Waals surface area contributed by atoms with Gasteiger partial charge in [0.15, 0.2) is 0 Å². The van der Waals surface area contributed by atoms with Gasteiger partial charge in [-0.15, -0.1) is 0 Å². The van der Waals surface area contributed by atoms with Gasteiger partial charge < -0.3 is 11.1 Å². The number of benzene rings is 1. The second-order valence-corrected chi connectivity index (χ2v) is 3.98. The molecule has 1 fully saturated rings. The van der Waals surface area contributed by atoms with Crippen molar-refractivity contribution in [2.24, 2.45) is 5.73 Å². The molecule has 0 spiro atoms. The standard InChI is InChI=1S/C12H17N.CH3NO/c1-2-6-11(7-3-1)10-13-12-8-4-5-9-12;2-1-3/h1-3,6-7,12-13H,4-5,8-10H2;1H,(H2,2,3). The van der Waals surface area contributed by atoms with Crippen LogP contribution >= 0.6 is 0 Å². The first-order valence-corrected chi connectivity index (χ1v) is 5.79. The molecule has 1 aliphatic rings. The summed E-state index contributed by atoms with van der Waals surface area (Å²) >= 11 is 0. The van der Waals surface area contributed by atoms with Crippen LogP contribution < -0.4 is 11.1 Å². The Morgan fingerprint density at radius 2 is 1.81 bits per heavy atom. The van der Waals surface area contributed by atoms with Crippen molar-refractivity contribution in [3.8, 4) is 0 Å². The minimum atomic E-state index is 0.250. The van der Waals surface area contributed by atoms with Crippen molar-refractivity contribution in [1.82, 2.24) is 5.32 Å². The number of rotatable bonds is 3. The number of carbonyl (C=O) groups excluding carboxylic acids is 1. The summed E-state index contributed by atoms with van der Waals surface area (Å²) in [5.41, 5.74) is 5.56. The third kappa shape index (κ3) is 4.94. The highest BCUT2D eigenvalue weighted by Crippen LogP contribution is 2.17. The summed E-state index contributed by atoms with van der Waals surface area (Å²) in [6.45, 7) is 1.03. The average Bonchev–Trinajstić information content (AvgIpc) is 2.82. The first kappa shape index (κ1) is 12.7. The molecule has 0 heterocycles. The number of hydrogen-bond acceptors (Lipinski definition) is 2. The fourth-order valence-corrected chi connectivity index (χ4v) is 1.99. The minimum absolute atomic E-state index is 0.250. The lowest BCUT2D eigenvalue weighted by molar-refractivity contribution is -0.106. The maximum atomic E-state index is 8.58. The van der Waals surface area contributed by atoms with Crippen molar-refractivity contribution in [1.29, 1.82) is 0 Å². The Balaban J connectivity index is 0.000000386. The molecular weight excluding hydrogens is 200 g/mol. The van der Waals surface area contributed by atoms with Gasteiger partial charge in [-0.1, -0.05) is 43.2 Å². The lowest BCUT2D eigenvalue weighted by Gasteiger charge is -2.11. The Labute approximate surface area is 97.0 Å². The van der Waals surface area contributed by atoms with Gasteiger partial charge in [-0.2, -0.15) is 0 Å². The molecule has 0 aliphatic heterocycles. The van der Waals surface area contributed by atoms with Crippen molar-refractivity contribution < 1.29 is 4.79 Å². The molecule has 1 aromatic carbocycles. The molecule has 1 amide bonds. The Morgan fingerprint density at radius 3 is 2.38 bits per heavy atom. The van der Waals surface area contributed by atoms with Crippen LogP contribution in [0.1, 0.15) is 31.2 Å². The first-order chi connectivity index (χ1) is 7.86. The lowest BCUT2D eigenvalue weighted by atomic mass is 10.2. The largest absolute Gasteiger partial charge is 0.372 e. The van der Waals surface area contributed by atoms with Gasteiger partial charge >= 0.3 is 0 Å². The molecule has 0 unspecified atom stereocenters. The van der Waals surface area contributed by atoms with E-state index in [1.54, 1.807) is 0 Å². The molecule has 1 aliphatic carbocycles. The third-order valence-electron chi connectivity index (χ3n) is 2.79. The van der Waals surface area contributed by atoms with Gasteiger partial charge in [-0.05, 0) is 18.4 Å². The summed E-state index contributed by atoms with van der Waals surface area (Å²) in [6, 6.07) is 11.4. The number of amides is 1. The molecule has 1 aromatic rings. The van der Waals surface area contributed by atoms with Gasteiger partial charge in [-0.3, -0.25) is 4.79 Å². The molecule has 0 aromatic heterocycles. The fourth-order valence-electron chi connectivity index (χ4n) is 1.99. The van der Waals surface area contributed by atoms with E-state index >= 15 is 0 Å². The molecular formula is C13H20N2O. The Bertz CT molecular complexity index is 281. The molecule has 2 rings (SSSR count). The summed E-state index contributed by atoms with van der Waals surface area (Å²) in [5.74, 6) is 0. The molecule has 3 heteroatoms. The highest BCUT2D eigenvalue weighted by atomic mass is 16.1. The van der Waals surface area contributed by atoms with Gasteiger partial charge in [0, 0.05) is 12.6 Å². The first-order valence-electron chi connectivity index (χ1n) is 5.79. The zero-order chi connectivity index (χ0) is 11.6. The SMILES string of the molecule is NC=O.c1ccc(CNC2CCCC2)cc1. The topological polar surface area (TPSA) is 55.1 Å². The minimum Gasteiger partial charge on any atom is -0.372 e. The number of nitrogens with two attached hydrogens (primary N) is 1. The van der Waals surface area contributed by atoms with Crippen LogP contribution in [0, 0.1) is 0 Å². The smallest absolute Gasteiger partial charge is 0.204 e. The van der Waals surface area contributed by atoms with E-state index in [4.69, 9.17) is 4.79 Å². The van der Waals surface area contributed by atoms with Gasteiger partial charge in [0.25, 0.3) is 0 Å². The van der Waals surface area contributed by atoms with Crippen LogP contribution in [-0.4, -0.2) is 12.5 Å². The van der Waals surface area contributed by atoms with E-state index in [-0.39, 0.29) is 6.41 Å². The zero-order valence-corrected chi connectivity index (χ0v) is 9.56. The van der Waals surface area contributed by atoms with Crippen LogP contribution in [0.15, 0.2) is 30.3 Å². The molecule has 16 heavy (non-hydrogen) atoms. The van der Waals surface area contributed by atoms with Crippen LogP contribution in [0.4, 0.5) is 0 Å². The van der Waals surface area contributed by atoms with Crippen molar-refractivity contribution in [2.45, 2.75) is 38.3 Å². The summed E-state index contributed by atoms with van der Waals surface area (Å²) < 4.78 is 0. The monoisotopic (exact) mass is 220 g/mol. The van der Waals surface area contributed by atoms with Crippen molar-refractivity contribution in [2.75, 3.05) is 0 Å². The molecule has 88 valence electrons. The Morgan fingerprint density at radius 1 is 1.25 bits per heavy atom. The van der Waals surface area contributed by atoms with Crippen LogP contribution in [0.25, 0.3) is 0 Å². The predicted octanol–water partition coefficient (Wildman–Crippen LogP) is 1.82. The number of carbonyl (C=O) groups is 1. The van der Waals surface area contributed by atoms with Gasteiger partial charge in [-0.25, -0.2) is 0 Å². The average molecular weight is 220 g/mol. The fraction of sp³-hybridized carbons (Fsp3) is 0.462. The van der Waals surface area contributed by atoms with E-state index in [0.29, 0.717) is 0 Å². The number of hydrogen-bond donors (Lipinski definition) is 2. The Kier molecular flexibility index (Phi) is 6.26. The quantitative estimate of drug-likeness (QED) is 0.763. The van der Waals surface area contributed by atoms with E-state index in [2.05, 4.69) is 41.4 Å². The normalized spacial score (nSPS) is 15.2. The number of nitrogens with one attached hydrogen (secondary N) is 1. The maximum Gasteiger partial charge on any atom is 0.204 e. The summed E-state index contributed by atoms with van der Waals surface area (Å²) in [5, 5.41) is 3.60. The van der Waals surface area contributed by atoms with Crippen LogP contribution in [0.5, 0.6) is 0 Å². The second kappa shape index (κ2) is 7.88. The van der Waals surface area contributed by atoms with E-state index in [0.717, 1.165) is 12.6 Å². The van der Waals surface area contributed by atoms with E-state index in [1.807, 2.05) is 0 Å². The molecule has 0 atom stereocenters. The van der Waals surface area contributed by atoms with Crippen LogP contribution in [-0.2, 0) is 11.3 Å². The zero-order valence-electron chi connectivity index (χ0n) is 9.56. The van der Waals surface area contributed by atoms with Crippen LogP contribution in [0.2, 0.25) is 0 Å². The van der Waals surface area contributed by atoms with Gasteiger partial charge in [0.1, 0.15) is 0 Å². The molecule has 0 bridgehead atoms. The van der Waals surface area contributed by atoms with Crippen molar-refractivity contribution in [3.05, 3.63) is 35.9 Å². The summed E-state index contributed by atoms with van der Waals surface area (Å²) in [7, 11) is 0. The van der Waals surface area contributed by atoms with E-state index < -0.39 is 0 Å². The number of primary amides is 1. The molecule has 3 N–H and O–H groups in total. The summed E-state index contributed by atoms with van der Waals surface area (Å²) in [4.78, 5) is 8.58. The molecule has 1 saturated carbocycles. The molecule has 0 radical (unpaired) electrons. The third-order valence-corrected chi connectivity index (χ3v) is 2.79.